The molecule has 0 bridgehead atoms. The van der Waals surface area contributed by atoms with Crippen LogP contribution in [0.3, 0.4) is 0 Å². The molecule has 266 valence electrons. The molecular weight excluding hydrogens is 695 g/mol. The van der Waals surface area contributed by atoms with Gasteiger partial charge in [-0.15, -0.1) is 0 Å². The number of hydrogen-bond acceptors (Lipinski definition) is 4. The highest BCUT2D eigenvalue weighted by atomic mass is 16.3. The number of benzene rings is 9. The minimum Gasteiger partial charge on any atom is -0.455 e. The molecular formula is C53H33N3O. The van der Waals surface area contributed by atoms with Crippen LogP contribution in [0, 0.1) is 0 Å². The van der Waals surface area contributed by atoms with E-state index < -0.39 is 0 Å². The number of nitrogens with zero attached hydrogens (tertiary/aromatic N) is 3. The van der Waals surface area contributed by atoms with Crippen molar-refractivity contribution >= 4 is 43.5 Å². The Morgan fingerprint density at radius 2 is 0.737 bits per heavy atom. The summed E-state index contributed by atoms with van der Waals surface area (Å²) < 4.78 is 6.63. The number of rotatable bonds is 6. The summed E-state index contributed by atoms with van der Waals surface area (Å²) in [6, 6.07) is 70.0. The normalized spacial score (nSPS) is 11.5. The molecule has 0 aliphatic rings. The lowest BCUT2D eigenvalue weighted by molar-refractivity contribution is 0.670. The van der Waals surface area contributed by atoms with Gasteiger partial charge in [0, 0.05) is 33.0 Å². The maximum atomic E-state index is 6.63. The molecule has 4 heteroatoms. The van der Waals surface area contributed by atoms with Crippen LogP contribution < -0.4 is 0 Å². The van der Waals surface area contributed by atoms with Crippen LogP contribution in [-0.4, -0.2) is 15.0 Å². The zero-order valence-corrected chi connectivity index (χ0v) is 30.8. The molecule has 0 saturated heterocycles. The summed E-state index contributed by atoms with van der Waals surface area (Å²) in [7, 11) is 0. The van der Waals surface area contributed by atoms with Crippen molar-refractivity contribution in [3.8, 4) is 67.5 Å². The van der Waals surface area contributed by atoms with E-state index in [-0.39, 0.29) is 0 Å². The average molecular weight is 728 g/mol. The molecule has 0 unspecified atom stereocenters. The monoisotopic (exact) mass is 727 g/mol. The Kier molecular flexibility index (Phi) is 7.78. The van der Waals surface area contributed by atoms with E-state index in [1.807, 2.05) is 36.4 Å². The molecule has 4 nitrogen and oxygen atoms in total. The van der Waals surface area contributed by atoms with Gasteiger partial charge in [-0.3, -0.25) is 0 Å². The van der Waals surface area contributed by atoms with Gasteiger partial charge in [0.05, 0.1) is 0 Å². The summed E-state index contributed by atoms with van der Waals surface area (Å²) in [5, 5.41) is 7.01. The minimum absolute atomic E-state index is 0.622. The fraction of sp³-hybridized carbons (Fsp3) is 0. The van der Waals surface area contributed by atoms with Crippen molar-refractivity contribution in [2.45, 2.75) is 0 Å². The summed E-state index contributed by atoms with van der Waals surface area (Å²) in [6.07, 6.45) is 0. The summed E-state index contributed by atoms with van der Waals surface area (Å²) >= 11 is 0. The Balaban J connectivity index is 0.993. The summed E-state index contributed by atoms with van der Waals surface area (Å²) in [4.78, 5) is 15.0. The smallest absolute Gasteiger partial charge is 0.164 e. The molecule has 0 N–H and O–H groups in total. The Hall–Kier alpha value is -7.69. The maximum Gasteiger partial charge on any atom is 0.164 e. The topological polar surface area (TPSA) is 51.8 Å². The molecule has 2 aromatic heterocycles. The summed E-state index contributed by atoms with van der Waals surface area (Å²) in [5.74, 6) is 1.89. The lowest BCUT2D eigenvalue weighted by atomic mass is 9.95. The van der Waals surface area contributed by atoms with Gasteiger partial charge in [0.2, 0.25) is 0 Å². The highest BCUT2D eigenvalue weighted by Crippen LogP contribution is 2.41. The van der Waals surface area contributed by atoms with Gasteiger partial charge in [0.15, 0.2) is 17.5 Å². The fourth-order valence-electron chi connectivity index (χ4n) is 7.90. The van der Waals surface area contributed by atoms with Gasteiger partial charge < -0.3 is 4.42 Å². The molecule has 11 aromatic rings. The Morgan fingerprint density at radius 3 is 1.35 bits per heavy atom. The molecule has 0 amide bonds. The summed E-state index contributed by atoms with van der Waals surface area (Å²) in [5.41, 5.74) is 11.2. The number of aromatic nitrogens is 3. The van der Waals surface area contributed by atoms with Crippen LogP contribution in [0.15, 0.2) is 205 Å². The van der Waals surface area contributed by atoms with E-state index in [0.29, 0.717) is 17.5 Å². The Morgan fingerprint density at radius 1 is 0.281 bits per heavy atom. The van der Waals surface area contributed by atoms with Crippen LogP contribution in [0.4, 0.5) is 0 Å². The second-order valence-electron chi connectivity index (χ2n) is 14.5. The van der Waals surface area contributed by atoms with E-state index >= 15 is 0 Å². The third kappa shape index (κ3) is 6.01. The zero-order valence-electron chi connectivity index (χ0n) is 30.8. The first-order chi connectivity index (χ1) is 28.2. The highest BCUT2D eigenvalue weighted by Gasteiger charge is 2.17. The van der Waals surface area contributed by atoms with Gasteiger partial charge in [0.25, 0.3) is 0 Å². The van der Waals surface area contributed by atoms with Crippen LogP contribution in [0.25, 0.3) is 111 Å². The molecule has 0 aliphatic heterocycles. The lowest BCUT2D eigenvalue weighted by Gasteiger charge is -2.11. The number of furan rings is 1. The second kappa shape index (κ2) is 13.6. The van der Waals surface area contributed by atoms with Crippen molar-refractivity contribution in [1.29, 1.82) is 0 Å². The van der Waals surface area contributed by atoms with E-state index in [1.54, 1.807) is 0 Å². The average Bonchev–Trinajstić information content (AvgIpc) is 3.65. The second-order valence-corrected chi connectivity index (χ2v) is 14.5. The molecule has 0 radical (unpaired) electrons. The molecule has 0 fully saturated rings. The third-order valence-corrected chi connectivity index (χ3v) is 10.9. The predicted molar refractivity (Wildman–Crippen MR) is 235 cm³/mol. The zero-order chi connectivity index (χ0) is 37.7. The first-order valence-electron chi connectivity index (χ1n) is 19.2. The van der Waals surface area contributed by atoms with Gasteiger partial charge in [-0.2, -0.15) is 0 Å². The molecule has 0 saturated carbocycles. The Bertz CT molecular complexity index is 3260. The van der Waals surface area contributed by atoms with Crippen molar-refractivity contribution in [2.24, 2.45) is 0 Å². The Labute approximate surface area is 329 Å². The minimum atomic E-state index is 0.622. The molecule has 0 spiro atoms. The van der Waals surface area contributed by atoms with Crippen molar-refractivity contribution < 1.29 is 4.42 Å². The van der Waals surface area contributed by atoms with E-state index in [4.69, 9.17) is 19.4 Å². The fourth-order valence-corrected chi connectivity index (χ4v) is 7.90. The third-order valence-electron chi connectivity index (χ3n) is 10.9. The molecule has 0 atom stereocenters. The van der Waals surface area contributed by atoms with Crippen molar-refractivity contribution in [3.63, 3.8) is 0 Å². The van der Waals surface area contributed by atoms with Gasteiger partial charge in [-0.25, -0.2) is 15.0 Å². The number of hydrogen-bond donors (Lipinski definition) is 0. The van der Waals surface area contributed by atoms with Crippen molar-refractivity contribution in [2.75, 3.05) is 0 Å². The molecule has 11 rings (SSSR count). The van der Waals surface area contributed by atoms with E-state index in [1.165, 1.54) is 21.7 Å². The van der Waals surface area contributed by atoms with Crippen LogP contribution in [0.1, 0.15) is 0 Å². The highest BCUT2D eigenvalue weighted by molar-refractivity contribution is 6.14. The standard InChI is InChI=1S/C53H33N3O/c1-3-12-37(13-4-1)46-31-45(32-48-47-30-42-17-9-10-18-43(42)33-49(47)57-50(46)48)36-21-26-40(27-22-36)53-55-51(38-14-5-2-6-15-38)54-52(56-53)39-24-19-35(20-25-39)44-28-23-34-11-7-8-16-41(34)29-44/h1-33H. The first kappa shape index (κ1) is 32.7. The van der Waals surface area contributed by atoms with Gasteiger partial charge in [-0.05, 0) is 79.7 Å². The SMILES string of the molecule is c1ccc(-c2nc(-c3ccc(-c4ccc5ccccc5c4)cc3)nc(-c3ccc(-c4cc(-c5ccccc5)c5oc6cc7ccccc7cc6c5c4)cc3)n2)cc1. The number of fused-ring (bicyclic) bond motifs is 5. The van der Waals surface area contributed by atoms with Crippen LogP contribution in [0.2, 0.25) is 0 Å². The van der Waals surface area contributed by atoms with Gasteiger partial charge in [-0.1, -0.05) is 170 Å². The van der Waals surface area contributed by atoms with Crippen molar-refractivity contribution in [1.82, 2.24) is 15.0 Å². The largest absolute Gasteiger partial charge is 0.455 e. The lowest BCUT2D eigenvalue weighted by Crippen LogP contribution is -2.00. The predicted octanol–water partition coefficient (Wildman–Crippen LogP) is 14.1. The van der Waals surface area contributed by atoms with Crippen LogP contribution >= 0.6 is 0 Å². The van der Waals surface area contributed by atoms with Crippen LogP contribution in [-0.2, 0) is 0 Å². The van der Waals surface area contributed by atoms with E-state index in [9.17, 15) is 0 Å². The molecule has 0 aliphatic carbocycles. The van der Waals surface area contributed by atoms with E-state index in [0.717, 1.165) is 71.8 Å². The summed E-state index contributed by atoms with van der Waals surface area (Å²) in [6.45, 7) is 0. The van der Waals surface area contributed by atoms with E-state index in [2.05, 4.69) is 164 Å². The van der Waals surface area contributed by atoms with Gasteiger partial charge in [0.1, 0.15) is 11.2 Å². The molecule has 9 aromatic carbocycles. The molecule has 57 heavy (non-hydrogen) atoms. The first-order valence-corrected chi connectivity index (χ1v) is 19.2. The van der Waals surface area contributed by atoms with Gasteiger partial charge >= 0.3 is 0 Å². The van der Waals surface area contributed by atoms with Crippen molar-refractivity contribution in [3.05, 3.63) is 200 Å². The maximum absolute atomic E-state index is 6.63. The van der Waals surface area contributed by atoms with Crippen LogP contribution in [0.5, 0.6) is 0 Å². The molecule has 2 heterocycles. The quantitative estimate of drug-likeness (QED) is 0.171.